The van der Waals surface area contributed by atoms with Crippen LogP contribution in [-0.2, 0) is 0 Å². The summed E-state index contributed by atoms with van der Waals surface area (Å²) in [6, 6.07) is 3.09. The Balaban J connectivity index is 2.40. The maximum atomic E-state index is 13.0. The molecule has 4 nitrogen and oxygen atoms in total. The van der Waals surface area contributed by atoms with Crippen LogP contribution in [0.1, 0.15) is 6.42 Å². The van der Waals surface area contributed by atoms with Crippen molar-refractivity contribution >= 4 is 0 Å². The lowest BCUT2D eigenvalue weighted by atomic mass is 10.3. The summed E-state index contributed by atoms with van der Waals surface area (Å²) in [5.41, 5.74) is 7.97. The molecule has 0 amide bonds. The molecule has 0 aliphatic heterocycles. The Morgan fingerprint density at radius 2 is 2.20 bits per heavy atom. The maximum absolute atomic E-state index is 13.0. The Hall–Kier alpha value is -1.81. The lowest BCUT2D eigenvalue weighted by molar-refractivity contribution is 0.297. The summed E-state index contributed by atoms with van der Waals surface area (Å²) in [5, 5.41) is 3.29. The first-order valence-electron chi connectivity index (χ1n) is 4.33. The van der Waals surface area contributed by atoms with Crippen LogP contribution in [0.25, 0.3) is 10.4 Å². The van der Waals surface area contributed by atoms with E-state index in [1.54, 1.807) is 0 Å². The van der Waals surface area contributed by atoms with Gasteiger partial charge in [0.1, 0.15) is 5.82 Å². The molecule has 0 aromatic heterocycles. The first-order chi connectivity index (χ1) is 7.24. The number of rotatable bonds is 5. The Bertz CT molecular complexity index is 378. The Labute approximate surface area is 85.1 Å². The molecule has 0 saturated carbocycles. The summed E-state index contributed by atoms with van der Waals surface area (Å²) >= 11 is 0. The van der Waals surface area contributed by atoms with Crippen LogP contribution in [0.15, 0.2) is 23.3 Å². The summed E-state index contributed by atoms with van der Waals surface area (Å²) in [5.74, 6) is -1.38. The molecular weight excluding hydrogens is 204 g/mol. The van der Waals surface area contributed by atoms with Crippen molar-refractivity contribution in [2.75, 3.05) is 13.2 Å². The van der Waals surface area contributed by atoms with E-state index in [9.17, 15) is 8.78 Å². The summed E-state index contributed by atoms with van der Waals surface area (Å²) in [4.78, 5) is 2.56. The van der Waals surface area contributed by atoms with Gasteiger partial charge in [0, 0.05) is 17.5 Å². The van der Waals surface area contributed by atoms with E-state index in [1.807, 2.05) is 0 Å². The van der Waals surface area contributed by atoms with E-state index in [0.717, 1.165) is 12.1 Å². The van der Waals surface area contributed by atoms with E-state index < -0.39 is 11.6 Å². The second-order valence-corrected chi connectivity index (χ2v) is 2.73. The zero-order valence-electron chi connectivity index (χ0n) is 7.86. The maximum Gasteiger partial charge on any atom is 0.167 e. The van der Waals surface area contributed by atoms with Gasteiger partial charge >= 0.3 is 0 Å². The Kier molecular flexibility index (Phi) is 4.37. The molecule has 0 N–H and O–H groups in total. The van der Waals surface area contributed by atoms with Crippen molar-refractivity contribution < 1.29 is 13.5 Å². The summed E-state index contributed by atoms with van der Waals surface area (Å²) in [6.45, 7) is 0.515. The van der Waals surface area contributed by atoms with Crippen molar-refractivity contribution in [3.63, 3.8) is 0 Å². The minimum atomic E-state index is -0.737. The molecule has 1 aromatic rings. The van der Waals surface area contributed by atoms with Gasteiger partial charge in [-0.1, -0.05) is 5.11 Å². The molecular formula is C9H9F2N3O. The molecule has 0 fully saturated rings. The van der Waals surface area contributed by atoms with Gasteiger partial charge in [-0.15, -0.1) is 0 Å². The fourth-order valence-electron chi connectivity index (χ4n) is 0.954. The monoisotopic (exact) mass is 213 g/mol. The van der Waals surface area contributed by atoms with Crippen molar-refractivity contribution in [2.24, 2.45) is 5.11 Å². The van der Waals surface area contributed by atoms with E-state index in [-0.39, 0.29) is 12.4 Å². The lowest BCUT2D eigenvalue weighted by Crippen LogP contribution is -2.00. The number of azide groups is 1. The molecule has 0 bridgehead atoms. The number of halogens is 2. The van der Waals surface area contributed by atoms with Gasteiger partial charge in [-0.3, -0.25) is 0 Å². The fraction of sp³-hybridized carbons (Fsp3) is 0.333. The number of ether oxygens (including phenoxy) is 1. The average Bonchev–Trinajstić information content (AvgIpc) is 2.20. The predicted molar refractivity (Wildman–Crippen MR) is 50.5 cm³/mol. The average molecular weight is 213 g/mol. The van der Waals surface area contributed by atoms with Crippen LogP contribution in [0.2, 0.25) is 0 Å². The number of nitrogens with zero attached hydrogens (tertiary/aromatic N) is 3. The zero-order chi connectivity index (χ0) is 11.1. The molecule has 1 rings (SSSR count). The van der Waals surface area contributed by atoms with Crippen LogP contribution in [0, 0.1) is 11.6 Å². The van der Waals surface area contributed by atoms with Crippen LogP contribution in [0.4, 0.5) is 8.78 Å². The fourth-order valence-corrected chi connectivity index (χ4v) is 0.954. The van der Waals surface area contributed by atoms with Crippen LogP contribution < -0.4 is 4.74 Å². The van der Waals surface area contributed by atoms with Gasteiger partial charge in [-0.05, 0) is 24.1 Å². The third kappa shape index (κ3) is 3.83. The summed E-state index contributed by atoms with van der Waals surface area (Å²) in [6.07, 6.45) is 0.487. The van der Waals surface area contributed by atoms with Gasteiger partial charge in [0.15, 0.2) is 11.6 Å². The molecule has 0 unspecified atom stereocenters. The highest BCUT2D eigenvalue weighted by atomic mass is 19.1. The van der Waals surface area contributed by atoms with E-state index >= 15 is 0 Å². The second kappa shape index (κ2) is 5.82. The molecule has 0 radical (unpaired) electrons. The van der Waals surface area contributed by atoms with Crippen LogP contribution in [0.3, 0.4) is 0 Å². The molecule has 6 heteroatoms. The van der Waals surface area contributed by atoms with Crippen molar-refractivity contribution in [1.29, 1.82) is 0 Å². The van der Waals surface area contributed by atoms with Gasteiger partial charge in [0.05, 0.1) is 6.61 Å². The lowest BCUT2D eigenvalue weighted by Gasteiger charge is -2.05. The van der Waals surface area contributed by atoms with E-state index in [4.69, 9.17) is 10.3 Å². The molecule has 0 aliphatic carbocycles. The minimum Gasteiger partial charge on any atom is -0.491 e. The van der Waals surface area contributed by atoms with Gasteiger partial charge < -0.3 is 4.74 Å². The van der Waals surface area contributed by atoms with Gasteiger partial charge in [-0.25, -0.2) is 8.78 Å². The van der Waals surface area contributed by atoms with E-state index in [2.05, 4.69) is 10.0 Å². The molecule has 80 valence electrons. The van der Waals surface area contributed by atoms with Gasteiger partial charge in [-0.2, -0.15) is 0 Å². The quantitative estimate of drug-likeness (QED) is 0.321. The molecule has 1 aromatic carbocycles. The highest BCUT2D eigenvalue weighted by molar-refractivity contribution is 5.24. The van der Waals surface area contributed by atoms with Gasteiger partial charge in [0.25, 0.3) is 0 Å². The molecule has 0 atom stereocenters. The summed E-state index contributed by atoms with van der Waals surface area (Å²) in [7, 11) is 0. The number of benzene rings is 1. The normalized spacial score (nSPS) is 9.47. The first kappa shape index (κ1) is 11.3. The molecule has 0 spiro atoms. The predicted octanol–water partition coefficient (Wildman–Crippen LogP) is 3.04. The number of hydrogen-bond donors (Lipinski definition) is 0. The van der Waals surface area contributed by atoms with Crippen LogP contribution in [-0.4, -0.2) is 13.2 Å². The second-order valence-electron chi connectivity index (χ2n) is 2.73. The highest BCUT2D eigenvalue weighted by Crippen LogP contribution is 2.17. The topological polar surface area (TPSA) is 58.0 Å². The molecule has 15 heavy (non-hydrogen) atoms. The third-order valence-corrected chi connectivity index (χ3v) is 1.62. The standard InChI is InChI=1S/C9H9F2N3O/c10-7-2-3-9(8(11)6-7)15-5-1-4-13-14-12/h2-3,6H,1,4-5H2. The smallest absolute Gasteiger partial charge is 0.167 e. The van der Waals surface area contributed by atoms with Crippen molar-refractivity contribution in [2.45, 2.75) is 6.42 Å². The highest BCUT2D eigenvalue weighted by Gasteiger charge is 2.03. The van der Waals surface area contributed by atoms with E-state index in [1.165, 1.54) is 6.07 Å². The van der Waals surface area contributed by atoms with Crippen LogP contribution >= 0.6 is 0 Å². The first-order valence-corrected chi connectivity index (χ1v) is 4.33. The zero-order valence-corrected chi connectivity index (χ0v) is 7.86. The third-order valence-electron chi connectivity index (χ3n) is 1.62. The molecule has 0 aliphatic rings. The van der Waals surface area contributed by atoms with Crippen molar-refractivity contribution in [3.8, 4) is 5.75 Å². The number of hydrogen-bond acceptors (Lipinski definition) is 2. The van der Waals surface area contributed by atoms with E-state index in [0.29, 0.717) is 13.0 Å². The van der Waals surface area contributed by atoms with Crippen molar-refractivity contribution in [3.05, 3.63) is 40.3 Å². The molecule has 0 heterocycles. The minimum absolute atomic E-state index is 0.00247. The summed E-state index contributed by atoms with van der Waals surface area (Å²) < 4.78 is 30.5. The van der Waals surface area contributed by atoms with Crippen molar-refractivity contribution in [1.82, 2.24) is 0 Å². The largest absolute Gasteiger partial charge is 0.491 e. The van der Waals surface area contributed by atoms with Gasteiger partial charge in [0.2, 0.25) is 0 Å². The Morgan fingerprint density at radius 1 is 1.40 bits per heavy atom. The Morgan fingerprint density at radius 3 is 2.87 bits per heavy atom. The molecule has 0 saturated heterocycles. The van der Waals surface area contributed by atoms with Crippen LogP contribution in [0.5, 0.6) is 5.75 Å². The SMILES string of the molecule is [N-]=[N+]=NCCCOc1ccc(F)cc1F.